The number of H-pyrrole nitrogens is 1. The van der Waals surface area contributed by atoms with Crippen LogP contribution in [-0.4, -0.2) is 31.5 Å². The van der Waals surface area contributed by atoms with Gasteiger partial charge in [-0.3, -0.25) is 4.79 Å². The fraction of sp³-hybridized carbons (Fsp3) is 0.615. The Bertz CT molecular complexity index is 607. The molecule has 0 saturated carbocycles. The first-order chi connectivity index (χ1) is 8.85. The first kappa shape index (κ1) is 14.3. The van der Waals surface area contributed by atoms with Gasteiger partial charge in [0.2, 0.25) is 5.56 Å². The molecular weight excluding hydrogens is 264 g/mol. The van der Waals surface area contributed by atoms with E-state index in [9.17, 15) is 13.2 Å². The summed E-state index contributed by atoms with van der Waals surface area (Å²) in [5.74, 6) is 0.127. The Morgan fingerprint density at radius 1 is 1.47 bits per heavy atom. The van der Waals surface area contributed by atoms with Gasteiger partial charge in [-0.05, 0) is 31.7 Å². The molecule has 0 amide bonds. The SMILES string of the molecule is CC(CS(C)(=O)=O)NC1CCCc2[nH]c(=O)ccc21. The molecule has 0 spiro atoms. The molecule has 1 aromatic heterocycles. The summed E-state index contributed by atoms with van der Waals surface area (Å²) in [6.45, 7) is 1.88. The number of pyridine rings is 1. The van der Waals surface area contributed by atoms with Crippen LogP contribution in [0.15, 0.2) is 16.9 Å². The van der Waals surface area contributed by atoms with Crippen molar-refractivity contribution in [1.82, 2.24) is 10.3 Å². The highest BCUT2D eigenvalue weighted by atomic mass is 32.2. The van der Waals surface area contributed by atoms with Gasteiger partial charge in [0.15, 0.2) is 0 Å². The van der Waals surface area contributed by atoms with Crippen LogP contribution in [-0.2, 0) is 16.3 Å². The lowest BCUT2D eigenvalue weighted by Crippen LogP contribution is -2.37. The second kappa shape index (κ2) is 5.46. The molecule has 1 aromatic rings. The van der Waals surface area contributed by atoms with Crippen molar-refractivity contribution < 1.29 is 8.42 Å². The Hall–Kier alpha value is -1.14. The zero-order valence-corrected chi connectivity index (χ0v) is 12.1. The van der Waals surface area contributed by atoms with Crippen molar-refractivity contribution in [3.63, 3.8) is 0 Å². The number of sulfone groups is 1. The molecule has 2 rings (SSSR count). The summed E-state index contributed by atoms with van der Waals surface area (Å²) in [7, 11) is -2.98. The quantitative estimate of drug-likeness (QED) is 0.856. The summed E-state index contributed by atoms with van der Waals surface area (Å²) in [4.78, 5) is 14.2. The van der Waals surface area contributed by atoms with Crippen LogP contribution in [0.1, 0.15) is 37.1 Å². The maximum absolute atomic E-state index is 11.3. The van der Waals surface area contributed by atoms with Gasteiger partial charge in [-0.15, -0.1) is 0 Å². The average molecular weight is 284 g/mol. The van der Waals surface area contributed by atoms with E-state index in [2.05, 4.69) is 10.3 Å². The molecule has 0 aromatic carbocycles. The number of fused-ring (bicyclic) bond motifs is 1. The smallest absolute Gasteiger partial charge is 0.248 e. The lowest BCUT2D eigenvalue weighted by molar-refractivity contribution is 0.419. The van der Waals surface area contributed by atoms with Crippen molar-refractivity contribution in [2.24, 2.45) is 0 Å². The predicted molar refractivity (Wildman–Crippen MR) is 75.1 cm³/mol. The van der Waals surface area contributed by atoms with Crippen LogP contribution in [0.2, 0.25) is 0 Å². The second-order valence-corrected chi connectivity index (χ2v) is 7.55. The molecule has 0 saturated heterocycles. The van der Waals surface area contributed by atoms with Gasteiger partial charge >= 0.3 is 0 Å². The number of hydrogen-bond acceptors (Lipinski definition) is 4. The number of nitrogens with one attached hydrogen (secondary N) is 2. The van der Waals surface area contributed by atoms with Gasteiger partial charge in [0, 0.05) is 30.1 Å². The van der Waals surface area contributed by atoms with Crippen LogP contribution in [0.4, 0.5) is 0 Å². The Labute approximate surface area is 113 Å². The van der Waals surface area contributed by atoms with Gasteiger partial charge in [0.05, 0.1) is 5.75 Å². The van der Waals surface area contributed by atoms with Gasteiger partial charge < -0.3 is 10.3 Å². The standard InChI is InChI=1S/C13H20N2O3S/c1-9(8-19(2,17)18)14-11-4-3-5-12-10(11)6-7-13(16)15-12/h6-7,9,11,14H,3-5,8H2,1-2H3,(H,15,16). The predicted octanol–water partition coefficient (Wildman–Crippen LogP) is 0.775. The number of rotatable bonds is 4. The van der Waals surface area contributed by atoms with Gasteiger partial charge in [0.25, 0.3) is 0 Å². The van der Waals surface area contributed by atoms with E-state index in [1.54, 1.807) is 0 Å². The molecule has 0 radical (unpaired) electrons. The molecule has 2 N–H and O–H groups in total. The van der Waals surface area contributed by atoms with E-state index in [-0.39, 0.29) is 23.4 Å². The molecule has 5 nitrogen and oxygen atoms in total. The first-order valence-corrected chi connectivity index (χ1v) is 8.57. The van der Waals surface area contributed by atoms with Gasteiger partial charge in [-0.25, -0.2) is 8.42 Å². The molecule has 19 heavy (non-hydrogen) atoms. The largest absolute Gasteiger partial charge is 0.326 e. The molecule has 1 aliphatic carbocycles. The number of aromatic amines is 1. The van der Waals surface area contributed by atoms with E-state index < -0.39 is 9.84 Å². The average Bonchev–Trinajstić information content (AvgIpc) is 2.26. The minimum Gasteiger partial charge on any atom is -0.326 e. The third-order valence-electron chi connectivity index (χ3n) is 3.37. The second-order valence-electron chi connectivity index (χ2n) is 5.36. The third kappa shape index (κ3) is 3.91. The van der Waals surface area contributed by atoms with Crippen molar-refractivity contribution in [3.8, 4) is 0 Å². The van der Waals surface area contributed by atoms with E-state index in [1.807, 2.05) is 13.0 Å². The molecule has 2 atom stereocenters. The highest BCUT2D eigenvalue weighted by Gasteiger charge is 2.23. The Morgan fingerprint density at radius 2 is 2.21 bits per heavy atom. The molecular formula is C13H20N2O3S. The molecule has 2 unspecified atom stereocenters. The zero-order chi connectivity index (χ0) is 14.0. The van der Waals surface area contributed by atoms with Crippen LogP contribution in [0.25, 0.3) is 0 Å². The number of hydrogen-bond donors (Lipinski definition) is 2. The fourth-order valence-corrected chi connectivity index (χ4v) is 3.72. The molecule has 1 heterocycles. The lowest BCUT2D eigenvalue weighted by atomic mass is 9.91. The summed E-state index contributed by atoms with van der Waals surface area (Å²) >= 11 is 0. The number of aryl methyl sites for hydroxylation is 1. The van der Waals surface area contributed by atoms with Gasteiger partial charge in [0.1, 0.15) is 9.84 Å². The van der Waals surface area contributed by atoms with E-state index in [1.165, 1.54) is 12.3 Å². The monoisotopic (exact) mass is 284 g/mol. The molecule has 0 bridgehead atoms. The van der Waals surface area contributed by atoms with E-state index in [4.69, 9.17) is 0 Å². The van der Waals surface area contributed by atoms with Crippen LogP contribution in [0.3, 0.4) is 0 Å². The van der Waals surface area contributed by atoms with E-state index in [0.29, 0.717) is 0 Å². The number of aromatic nitrogens is 1. The van der Waals surface area contributed by atoms with Crippen molar-refractivity contribution in [3.05, 3.63) is 33.7 Å². The summed E-state index contributed by atoms with van der Waals surface area (Å²) in [6, 6.07) is 3.40. The summed E-state index contributed by atoms with van der Waals surface area (Å²) in [5.41, 5.74) is 1.98. The van der Waals surface area contributed by atoms with Gasteiger partial charge in [-0.2, -0.15) is 0 Å². The summed E-state index contributed by atoms with van der Waals surface area (Å²) in [6.07, 6.45) is 4.09. The van der Waals surface area contributed by atoms with E-state index in [0.717, 1.165) is 30.5 Å². The highest BCUT2D eigenvalue weighted by Crippen LogP contribution is 2.27. The van der Waals surface area contributed by atoms with Gasteiger partial charge in [-0.1, -0.05) is 6.07 Å². The Balaban J connectivity index is 2.13. The first-order valence-electron chi connectivity index (χ1n) is 6.51. The summed E-state index contributed by atoms with van der Waals surface area (Å²) < 4.78 is 22.6. The maximum atomic E-state index is 11.3. The topological polar surface area (TPSA) is 79.0 Å². The molecule has 106 valence electrons. The Kier molecular flexibility index (Phi) is 4.10. The molecule has 0 aliphatic heterocycles. The highest BCUT2D eigenvalue weighted by molar-refractivity contribution is 7.90. The van der Waals surface area contributed by atoms with Crippen LogP contribution in [0, 0.1) is 0 Å². The van der Waals surface area contributed by atoms with Crippen LogP contribution in [0.5, 0.6) is 0 Å². The molecule has 0 fully saturated rings. The van der Waals surface area contributed by atoms with Crippen molar-refractivity contribution >= 4 is 9.84 Å². The molecule has 6 heteroatoms. The van der Waals surface area contributed by atoms with Crippen molar-refractivity contribution in [2.45, 2.75) is 38.3 Å². The van der Waals surface area contributed by atoms with Crippen molar-refractivity contribution in [2.75, 3.05) is 12.0 Å². The lowest BCUT2D eigenvalue weighted by Gasteiger charge is -2.28. The maximum Gasteiger partial charge on any atom is 0.248 e. The Morgan fingerprint density at radius 3 is 2.89 bits per heavy atom. The van der Waals surface area contributed by atoms with Crippen molar-refractivity contribution in [1.29, 1.82) is 0 Å². The van der Waals surface area contributed by atoms with Crippen LogP contribution < -0.4 is 10.9 Å². The van der Waals surface area contributed by atoms with Crippen LogP contribution >= 0.6 is 0 Å². The molecule has 1 aliphatic rings. The fourth-order valence-electron chi connectivity index (χ4n) is 2.72. The summed E-state index contributed by atoms with van der Waals surface area (Å²) in [5, 5.41) is 3.35. The minimum atomic E-state index is -2.98. The minimum absolute atomic E-state index is 0.0800. The third-order valence-corrected chi connectivity index (χ3v) is 4.48. The van der Waals surface area contributed by atoms with E-state index >= 15 is 0 Å². The normalized spacial score (nSPS) is 20.8. The zero-order valence-electron chi connectivity index (χ0n) is 11.3.